The van der Waals surface area contributed by atoms with E-state index in [0.717, 1.165) is 22.4 Å². The highest BCUT2D eigenvalue weighted by atomic mass is 16.5. The van der Waals surface area contributed by atoms with Gasteiger partial charge in [0.25, 0.3) is 5.91 Å². The molecule has 204 valence electrons. The molecule has 0 unspecified atom stereocenters. The largest absolute Gasteiger partial charge is 0.493 e. The molecule has 0 bridgehead atoms. The molecule has 0 saturated carbocycles. The number of hydrogen-bond acceptors (Lipinski definition) is 7. The molecule has 2 aliphatic rings. The van der Waals surface area contributed by atoms with E-state index >= 15 is 0 Å². The number of benzene rings is 2. The van der Waals surface area contributed by atoms with Crippen molar-refractivity contribution >= 4 is 23.3 Å². The smallest absolute Gasteiger partial charge is 0.337 e. The second-order valence-corrected chi connectivity index (χ2v) is 10.2. The number of urea groups is 1. The molecule has 4 rings (SSSR count). The fourth-order valence-electron chi connectivity index (χ4n) is 4.93. The summed E-state index contributed by atoms with van der Waals surface area (Å²) in [6, 6.07) is 11.5. The van der Waals surface area contributed by atoms with E-state index in [1.54, 1.807) is 26.2 Å². The van der Waals surface area contributed by atoms with E-state index in [1.807, 2.05) is 43.3 Å². The van der Waals surface area contributed by atoms with Gasteiger partial charge in [-0.2, -0.15) is 5.10 Å². The molecule has 1 fully saturated rings. The zero-order chi connectivity index (χ0) is 27.6. The normalized spacial score (nSPS) is 17.8. The summed E-state index contributed by atoms with van der Waals surface area (Å²) in [5.41, 5.74) is 3.08. The monoisotopic (exact) mass is 523 g/mol. The number of carbonyl (C=O) groups excluding carboxylic acids is 2. The van der Waals surface area contributed by atoms with Crippen molar-refractivity contribution in [2.75, 3.05) is 52.3 Å². The van der Waals surface area contributed by atoms with Gasteiger partial charge in [-0.15, -0.1) is 0 Å². The molecule has 0 aliphatic carbocycles. The third kappa shape index (κ3) is 5.40. The number of aliphatic hydroxyl groups is 1. The number of methoxy groups -OCH3 is 2. The molecule has 2 aromatic rings. The van der Waals surface area contributed by atoms with Crippen molar-refractivity contribution in [3.05, 3.63) is 53.1 Å². The van der Waals surface area contributed by atoms with E-state index in [4.69, 9.17) is 14.6 Å². The van der Waals surface area contributed by atoms with Crippen LogP contribution < -0.4 is 19.7 Å². The van der Waals surface area contributed by atoms with Crippen LogP contribution in [0.1, 0.15) is 37.5 Å². The fourth-order valence-corrected chi connectivity index (χ4v) is 4.93. The number of rotatable bonds is 5. The highest BCUT2D eigenvalue weighted by molar-refractivity contribution is 6.14. The Hall–Kier alpha value is -3.79. The van der Waals surface area contributed by atoms with Gasteiger partial charge in [0.1, 0.15) is 5.60 Å². The molecule has 0 spiro atoms. The summed E-state index contributed by atoms with van der Waals surface area (Å²) in [5, 5.41) is 19.1. The number of nitrogens with zero attached hydrogens (tertiary/aromatic N) is 4. The zero-order valence-corrected chi connectivity index (χ0v) is 22.9. The first kappa shape index (κ1) is 27.3. The third-order valence-electron chi connectivity index (χ3n) is 7.02. The van der Waals surface area contributed by atoms with Crippen LogP contribution >= 0.6 is 0 Å². The average molecular weight is 524 g/mol. The van der Waals surface area contributed by atoms with E-state index in [2.05, 4.69) is 10.2 Å². The first-order valence-corrected chi connectivity index (χ1v) is 12.8. The van der Waals surface area contributed by atoms with Crippen LogP contribution in [0, 0.1) is 0 Å². The number of anilines is 1. The summed E-state index contributed by atoms with van der Waals surface area (Å²) in [6.07, 6.45) is 0.599. The van der Waals surface area contributed by atoms with Crippen LogP contribution in [-0.4, -0.2) is 91.8 Å². The SMILES string of the molecule is CNC(=O)N1N=C(c2ccc(N3CCN(C(=O)C(C)(C)O)CC3)cc2)c2cc(OC)c(OC)cc2C[C@@H]1C. The Labute approximate surface area is 223 Å². The van der Waals surface area contributed by atoms with Crippen LogP contribution in [0.15, 0.2) is 41.5 Å². The van der Waals surface area contributed by atoms with Crippen molar-refractivity contribution in [1.29, 1.82) is 0 Å². The van der Waals surface area contributed by atoms with E-state index in [9.17, 15) is 14.7 Å². The van der Waals surface area contributed by atoms with Gasteiger partial charge in [0.2, 0.25) is 0 Å². The van der Waals surface area contributed by atoms with Gasteiger partial charge in [-0.1, -0.05) is 12.1 Å². The minimum Gasteiger partial charge on any atom is -0.493 e. The van der Waals surface area contributed by atoms with Crippen molar-refractivity contribution in [3.8, 4) is 11.5 Å². The molecular weight excluding hydrogens is 486 g/mol. The molecule has 2 N–H and O–H groups in total. The topological polar surface area (TPSA) is 107 Å². The van der Waals surface area contributed by atoms with Gasteiger partial charge in [-0.05, 0) is 57.0 Å². The van der Waals surface area contributed by atoms with E-state index in [-0.39, 0.29) is 18.0 Å². The quantitative estimate of drug-likeness (QED) is 0.624. The van der Waals surface area contributed by atoms with Crippen LogP contribution in [0.25, 0.3) is 0 Å². The lowest BCUT2D eigenvalue weighted by atomic mass is 9.94. The predicted octanol–water partition coefficient (Wildman–Crippen LogP) is 2.46. The summed E-state index contributed by atoms with van der Waals surface area (Å²) in [6.45, 7) is 7.44. The Morgan fingerprint density at radius 3 is 2.18 bits per heavy atom. The number of nitrogens with one attached hydrogen (secondary N) is 1. The van der Waals surface area contributed by atoms with Crippen LogP contribution in [0.2, 0.25) is 0 Å². The van der Waals surface area contributed by atoms with E-state index < -0.39 is 5.60 Å². The van der Waals surface area contributed by atoms with Gasteiger partial charge in [-0.3, -0.25) is 4.79 Å². The molecule has 2 aromatic carbocycles. The molecule has 10 heteroatoms. The van der Waals surface area contributed by atoms with Crippen LogP contribution in [0.4, 0.5) is 10.5 Å². The van der Waals surface area contributed by atoms with Gasteiger partial charge in [-0.25, -0.2) is 9.80 Å². The molecule has 1 saturated heterocycles. The standard InChI is InChI=1S/C28H37N5O5/c1-18-15-20-16-23(37-5)24(38-6)17-22(20)25(30-33(18)27(35)29-4)19-7-9-21(10-8-19)31-11-13-32(14-12-31)26(34)28(2,3)36/h7-10,16-18,36H,11-15H2,1-6H3,(H,29,35)/t18-/m0/s1. The second kappa shape index (κ2) is 10.9. The molecule has 0 aromatic heterocycles. The van der Waals surface area contributed by atoms with Crippen LogP contribution in [0.3, 0.4) is 0 Å². The summed E-state index contributed by atoms with van der Waals surface area (Å²) < 4.78 is 11.1. The van der Waals surface area contributed by atoms with E-state index in [0.29, 0.717) is 49.8 Å². The van der Waals surface area contributed by atoms with Crippen LogP contribution in [-0.2, 0) is 11.2 Å². The number of hydrazone groups is 1. The van der Waals surface area contributed by atoms with Gasteiger partial charge in [0, 0.05) is 50.0 Å². The molecular formula is C28H37N5O5. The van der Waals surface area contributed by atoms with Crippen molar-refractivity contribution < 1.29 is 24.2 Å². The van der Waals surface area contributed by atoms with Crippen molar-refractivity contribution in [2.45, 2.75) is 38.8 Å². The highest BCUT2D eigenvalue weighted by Gasteiger charge is 2.32. The number of fused-ring (bicyclic) bond motifs is 1. The van der Waals surface area contributed by atoms with E-state index in [1.165, 1.54) is 18.9 Å². The lowest BCUT2D eigenvalue weighted by Crippen LogP contribution is -2.54. The van der Waals surface area contributed by atoms with Gasteiger partial charge >= 0.3 is 6.03 Å². The molecule has 2 heterocycles. The lowest BCUT2D eigenvalue weighted by Gasteiger charge is -2.38. The molecule has 2 aliphatic heterocycles. The van der Waals surface area contributed by atoms with Crippen molar-refractivity contribution in [2.24, 2.45) is 5.10 Å². The number of amides is 3. The second-order valence-electron chi connectivity index (χ2n) is 10.2. The number of ether oxygens (including phenoxy) is 2. The molecule has 3 amide bonds. The fraction of sp³-hybridized carbons (Fsp3) is 0.464. The Bertz CT molecular complexity index is 1210. The van der Waals surface area contributed by atoms with Crippen molar-refractivity contribution in [3.63, 3.8) is 0 Å². The van der Waals surface area contributed by atoms with Gasteiger partial charge in [0.15, 0.2) is 11.5 Å². The number of piperazine rings is 1. The molecule has 38 heavy (non-hydrogen) atoms. The van der Waals surface area contributed by atoms with Crippen LogP contribution in [0.5, 0.6) is 11.5 Å². The zero-order valence-electron chi connectivity index (χ0n) is 22.9. The van der Waals surface area contributed by atoms with Gasteiger partial charge < -0.3 is 29.7 Å². The Balaban J connectivity index is 1.65. The summed E-state index contributed by atoms with van der Waals surface area (Å²) >= 11 is 0. The maximum absolute atomic E-state index is 12.7. The number of hydrogen-bond donors (Lipinski definition) is 2. The minimum absolute atomic E-state index is 0.175. The Kier molecular flexibility index (Phi) is 7.82. The lowest BCUT2D eigenvalue weighted by molar-refractivity contribution is -0.148. The Morgan fingerprint density at radius 1 is 1.03 bits per heavy atom. The third-order valence-corrected chi connectivity index (χ3v) is 7.02. The summed E-state index contributed by atoms with van der Waals surface area (Å²) in [4.78, 5) is 29.0. The predicted molar refractivity (Wildman–Crippen MR) is 146 cm³/mol. The molecule has 0 radical (unpaired) electrons. The maximum atomic E-state index is 12.7. The van der Waals surface area contributed by atoms with Crippen molar-refractivity contribution in [1.82, 2.24) is 15.2 Å². The first-order valence-electron chi connectivity index (χ1n) is 12.8. The minimum atomic E-state index is -1.37. The summed E-state index contributed by atoms with van der Waals surface area (Å²) in [7, 11) is 4.80. The maximum Gasteiger partial charge on any atom is 0.337 e. The Morgan fingerprint density at radius 2 is 1.63 bits per heavy atom. The van der Waals surface area contributed by atoms with Gasteiger partial charge in [0.05, 0.1) is 26.0 Å². The highest BCUT2D eigenvalue weighted by Crippen LogP contribution is 2.35. The summed E-state index contributed by atoms with van der Waals surface area (Å²) in [5.74, 6) is 0.971. The molecule has 10 nitrogen and oxygen atoms in total. The average Bonchev–Trinajstić information content (AvgIpc) is 3.06. The first-order chi connectivity index (χ1) is 18.1. The molecule has 1 atom stereocenters. The number of carbonyl (C=O) groups is 2.